The summed E-state index contributed by atoms with van der Waals surface area (Å²) in [6.07, 6.45) is -3.73. The molecule has 0 saturated carbocycles. The van der Waals surface area contributed by atoms with E-state index in [0.29, 0.717) is 6.08 Å². The highest BCUT2D eigenvalue weighted by Gasteiger charge is 2.33. The van der Waals surface area contributed by atoms with Gasteiger partial charge in [-0.15, -0.1) is 13.2 Å². The van der Waals surface area contributed by atoms with Crippen LogP contribution in [0.15, 0.2) is 24.3 Å². The molecule has 0 aliphatic rings. The third-order valence-electron chi connectivity index (χ3n) is 1.85. The third-order valence-corrected chi connectivity index (χ3v) is 1.85. The van der Waals surface area contributed by atoms with E-state index in [0.717, 1.165) is 24.3 Å². The molecule has 4 nitrogen and oxygen atoms in total. The van der Waals surface area contributed by atoms with Crippen molar-refractivity contribution in [2.45, 2.75) is 13.0 Å². The van der Waals surface area contributed by atoms with Crippen LogP contribution in [0.25, 0.3) is 6.08 Å². The zero-order valence-corrected chi connectivity index (χ0v) is 9.53. The van der Waals surface area contributed by atoms with Crippen molar-refractivity contribution in [3.05, 3.63) is 29.8 Å². The molecule has 1 rings (SSSR count). The second-order valence-electron chi connectivity index (χ2n) is 3.27. The van der Waals surface area contributed by atoms with Crippen molar-refractivity contribution < 1.29 is 41.3 Å². The van der Waals surface area contributed by atoms with Crippen molar-refractivity contribution in [2.24, 2.45) is 0 Å². The van der Waals surface area contributed by atoms with Crippen LogP contribution in [0.1, 0.15) is 5.56 Å². The Morgan fingerprint density at radius 1 is 1.30 bits per heavy atom. The first-order valence-corrected chi connectivity index (χ1v) is 4.93. The van der Waals surface area contributed by atoms with Gasteiger partial charge in [0.15, 0.2) is 11.5 Å². The maximum absolute atomic E-state index is 12.2. The fourth-order valence-corrected chi connectivity index (χ4v) is 1.25. The SMILES string of the molecule is O=C(O)/C=C/c1cccc(OC(F)(F)F)c1OC(F)F. The first kappa shape index (κ1) is 15.7. The van der Waals surface area contributed by atoms with Crippen LogP contribution < -0.4 is 9.47 Å². The first-order valence-electron chi connectivity index (χ1n) is 4.93. The Bertz CT molecular complexity index is 510. The maximum atomic E-state index is 12.2. The Labute approximate surface area is 109 Å². The summed E-state index contributed by atoms with van der Waals surface area (Å²) < 4.78 is 68.3. The van der Waals surface area contributed by atoms with E-state index in [2.05, 4.69) is 9.47 Å². The summed E-state index contributed by atoms with van der Waals surface area (Å²) in [5.41, 5.74) is -0.297. The lowest BCUT2D eigenvalue weighted by molar-refractivity contribution is -0.275. The van der Waals surface area contributed by atoms with E-state index in [4.69, 9.17) is 5.11 Å². The Morgan fingerprint density at radius 3 is 2.45 bits per heavy atom. The summed E-state index contributed by atoms with van der Waals surface area (Å²) >= 11 is 0. The molecule has 0 aromatic heterocycles. The van der Waals surface area contributed by atoms with Gasteiger partial charge in [0.2, 0.25) is 0 Å². The molecule has 0 aliphatic heterocycles. The molecule has 0 atom stereocenters. The van der Waals surface area contributed by atoms with Gasteiger partial charge < -0.3 is 14.6 Å². The fourth-order valence-electron chi connectivity index (χ4n) is 1.25. The highest BCUT2D eigenvalue weighted by Crippen LogP contribution is 2.36. The van der Waals surface area contributed by atoms with Crippen LogP contribution in [-0.2, 0) is 4.79 Å². The molecule has 0 radical (unpaired) electrons. The standard InChI is InChI=1S/C11H7F5O4/c12-10(13)19-9-6(4-5-8(17)18)2-1-3-7(9)20-11(14,15)16/h1-5,10H,(H,17,18)/b5-4+. The van der Waals surface area contributed by atoms with Crippen molar-refractivity contribution in [2.75, 3.05) is 0 Å². The van der Waals surface area contributed by atoms with Gasteiger partial charge in [0.1, 0.15) is 0 Å². The molecule has 0 aliphatic carbocycles. The predicted octanol–water partition coefficient (Wildman–Crippen LogP) is 3.28. The Kier molecular flexibility index (Phi) is 4.89. The molecule has 0 unspecified atom stereocenters. The number of carbonyl (C=O) groups is 1. The number of para-hydroxylation sites is 1. The molecular formula is C11H7F5O4. The van der Waals surface area contributed by atoms with Gasteiger partial charge in [-0.05, 0) is 12.1 Å². The molecule has 0 heterocycles. The maximum Gasteiger partial charge on any atom is 0.573 e. The van der Waals surface area contributed by atoms with E-state index in [1.807, 2.05) is 0 Å². The molecule has 0 amide bonds. The summed E-state index contributed by atoms with van der Waals surface area (Å²) in [6.45, 7) is -3.40. The van der Waals surface area contributed by atoms with Crippen molar-refractivity contribution in [1.29, 1.82) is 0 Å². The van der Waals surface area contributed by atoms with Gasteiger partial charge in [0, 0.05) is 11.6 Å². The summed E-state index contributed by atoms with van der Waals surface area (Å²) in [4.78, 5) is 10.3. The van der Waals surface area contributed by atoms with Gasteiger partial charge >= 0.3 is 18.9 Å². The number of benzene rings is 1. The van der Waals surface area contributed by atoms with Crippen LogP contribution in [0.5, 0.6) is 11.5 Å². The van der Waals surface area contributed by atoms with Crippen molar-refractivity contribution in [3.63, 3.8) is 0 Å². The van der Waals surface area contributed by atoms with Crippen LogP contribution in [-0.4, -0.2) is 24.0 Å². The van der Waals surface area contributed by atoms with Crippen LogP contribution in [0.3, 0.4) is 0 Å². The van der Waals surface area contributed by atoms with E-state index in [1.54, 1.807) is 0 Å². The highest BCUT2D eigenvalue weighted by atomic mass is 19.4. The third kappa shape index (κ3) is 5.12. The molecule has 0 bridgehead atoms. The minimum atomic E-state index is -5.10. The van der Waals surface area contributed by atoms with Crippen LogP contribution in [0.4, 0.5) is 22.0 Å². The van der Waals surface area contributed by atoms with Gasteiger partial charge in [0.25, 0.3) is 0 Å². The fraction of sp³-hybridized carbons (Fsp3) is 0.182. The molecule has 1 N–H and O–H groups in total. The largest absolute Gasteiger partial charge is 0.573 e. The number of carboxylic acids is 1. The van der Waals surface area contributed by atoms with Crippen molar-refractivity contribution in [1.82, 2.24) is 0 Å². The lowest BCUT2D eigenvalue weighted by Gasteiger charge is -2.15. The minimum absolute atomic E-state index is 0.297. The van der Waals surface area contributed by atoms with Gasteiger partial charge in [0.05, 0.1) is 0 Å². The Balaban J connectivity index is 3.22. The van der Waals surface area contributed by atoms with Crippen molar-refractivity contribution in [3.8, 4) is 11.5 Å². The zero-order chi connectivity index (χ0) is 15.3. The second-order valence-corrected chi connectivity index (χ2v) is 3.27. The lowest BCUT2D eigenvalue weighted by Crippen LogP contribution is -2.18. The number of aliphatic carboxylic acids is 1. The van der Waals surface area contributed by atoms with E-state index in [-0.39, 0.29) is 5.56 Å². The number of hydrogen-bond acceptors (Lipinski definition) is 3. The summed E-state index contributed by atoms with van der Waals surface area (Å²) in [5.74, 6) is -3.31. The van der Waals surface area contributed by atoms with E-state index in [1.165, 1.54) is 0 Å². The molecule has 20 heavy (non-hydrogen) atoms. The summed E-state index contributed by atoms with van der Waals surface area (Å²) in [6, 6.07) is 2.94. The van der Waals surface area contributed by atoms with Crippen molar-refractivity contribution >= 4 is 12.0 Å². The average molecular weight is 298 g/mol. The molecule has 9 heteroatoms. The topological polar surface area (TPSA) is 55.8 Å². The monoisotopic (exact) mass is 298 g/mol. The lowest BCUT2D eigenvalue weighted by atomic mass is 10.1. The molecule has 1 aromatic rings. The smallest absolute Gasteiger partial charge is 0.478 e. The second kappa shape index (κ2) is 6.22. The Hall–Kier alpha value is -2.32. The van der Waals surface area contributed by atoms with Gasteiger partial charge in [-0.3, -0.25) is 0 Å². The number of hydrogen-bond donors (Lipinski definition) is 1. The van der Waals surface area contributed by atoms with Crippen LogP contribution >= 0.6 is 0 Å². The minimum Gasteiger partial charge on any atom is -0.478 e. The predicted molar refractivity (Wildman–Crippen MR) is 56.4 cm³/mol. The number of ether oxygens (including phenoxy) is 2. The summed E-state index contributed by atoms with van der Waals surface area (Å²) in [7, 11) is 0. The molecule has 0 spiro atoms. The van der Waals surface area contributed by atoms with Crippen LogP contribution in [0.2, 0.25) is 0 Å². The van der Waals surface area contributed by atoms with Crippen LogP contribution in [0, 0.1) is 0 Å². The van der Waals surface area contributed by atoms with Gasteiger partial charge in [-0.25, -0.2) is 4.79 Å². The van der Waals surface area contributed by atoms with E-state index in [9.17, 15) is 26.7 Å². The Morgan fingerprint density at radius 2 is 1.95 bits per heavy atom. The number of halogens is 5. The average Bonchev–Trinajstić information content (AvgIpc) is 2.27. The van der Waals surface area contributed by atoms with E-state index < -0.39 is 30.4 Å². The number of carboxylic acid groups (broad SMARTS) is 1. The normalized spacial score (nSPS) is 11.9. The highest BCUT2D eigenvalue weighted by molar-refractivity contribution is 5.86. The molecule has 0 fully saturated rings. The first-order chi connectivity index (χ1) is 9.19. The van der Waals surface area contributed by atoms with Gasteiger partial charge in [-0.2, -0.15) is 8.78 Å². The zero-order valence-electron chi connectivity index (χ0n) is 9.53. The number of alkyl halides is 5. The molecular weight excluding hydrogens is 291 g/mol. The molecule has 110 valence electrons. The van der Waals surface area contributed by atoms with Gasteiger partial charge in [-0.1, -0.05) is 12.1 Å². The van der Waals surface area contributed by atoms with E-state index >= 15 is 0 Å². The molecule has 1 aromatic carbocycles. The summed E-state index contributed by atoms with van der Waals surface area (Å²) in [5, 5.41) is 8.42. The number of rotatable bonds is 5. The quantitative estimate of drug-likeness (QED) is 0.669. The molecule has 0 saturated heterocycles.